The van der Waals surface area contributed by atoms with Crippen LogP contribution >= 0.6 is 0 Å². The first-order chi connectivity index (χ1) is 13.2. The van der Waals surface area contributed by atoms with Crippen molar-refractivity contribution in [3.63, 3.8) is 0 Å². The predicted octanol–water partition coefficient (Wildman–Crippen LogP) is 2.90. The summed E-state index contributed by atoms with van der Waals surface area (Å²) in [6.45, 7) is 0.858. The van der Waals surface area contributed by atoms with Crippen molar-refractivity contribution >= 4 is 11.8 Å². The van der Waals surface area contributed by atoms with Crippen LogP contribution in [0.4, 0.5) is 5.82 Å². The second kappa shape index (κ2) is 7.49. The van der Waals surface area contributed by atoms with Gasteiger partial charge in [0.25, 0.3) is 0 Å². The van der Waals surface area contributed by atoms with Crippen LogP contribution in [0.15, 0.2) is 55.0 Å². The Kier molecular flexibility index (Phi) is 4.74. The Morgan fingerprint density at radius 2 is 1.89 bits per heavy atom. The van der Waals surface area contributed by atoms with Crippen molar-refractivity contribution in [1.82, 2.24) is 19.9 Å². The summed E-state index contributed by atoms with van der Waals surface area (Å²) in [5.41, 5.74) is 1.26. The van der Waals surface area contributed by atoms with E-state index in [9.17, 15) is 4.79 Å². The van der Waals surface area contributed by atoms with Crippen LogP contribution < -0.4 is 4.90 Å². The lowest BCUT2D eigenvalue weighted by Crippen LogP contribution is -2.25. The lowest BCUT2D eigenvalue weighted by Gasteiger charge is -2.24. The molecular weight excluding hydrogens is 342 g/mol. The molecule has 3 heterocycles. The lowest BCUT2D eigenvalue weighted by atomic mass is 10.1. The first-order valence-electron chi connectivity index (χ1n) is 8.88. The molecular formula is C20H19N5O2. The molecule has 1 N–H and O–H groups in total. The van der Waals surface area contributed by atoms with Gasteiger partial charge in [-0.2, -0.15) is 0 Å². The molecule has 1 aliphatic rings. The van der Waals surface area contributed by atoms with Gasteiger partial charge in [-0.15, -0.1) is 0 Å². The molecule has 136 valence electrons. The molecule has 4 rings (SSSR count). The number of nitrogens with zero attached hydrogens (tertiary/aromatic N) is 5. The van der Waals surface area contributed by atoms with Crippen LogP contribution in [0.3, 0.4) is 0 Å². The minimum Gasteiger partial charge on any atom is -0.478 e. The molecule has 1 saturated heterocycles. The highest BCUT2D eigenvalue weighted by Crippen LogP contribution is 2.33. The normalized spacial score (nSPS) is 16.4. The van der Waals surface area contributed by atoms with E-state index < -0.39 is 5.97 Å². The summed E-state index contributed by atoms with van der Waals surface area (Å²) in [4.78, 5) is 30.9. The van der Waals surface area contributed by atoms with E-state index in [1.165, 1.54) is 18.0 Å². The topological polar surface area (TPSA) is 92.1 Å². The molecule has 1 aliphatic heterocycles. The number of carbonyl (C=O) groups is 1. The highest BCUT2D eigenvalue weighted by Gasteiger charge is 2.29. The number of carboxylic acid groups (broad SMARTS) is 1. The van der Waals surface area contributed by atoms with Gasteiger partial charge in [0, 0.05) is 31.6 Å². The molecule has 7 heteroatoms. The molecule has 7 nitrogen and oxygen atoms in total. The van der Waals surface area contributed by atoms with Crippen LogP contribution in [-0.4, -0.2) is 37.6 Å². The van der Waals surface area contributed by atoms with E-state index >= 15 is 0 Å². The monoisotopic (exact) mass is 361 g/mol. The smallest absolute Gasteiger partial charge is 0.338 e. The number of benzene rings is 1. The molecule has 1 unspecified atom stereocenters. The third kappa shape index (κ3) is 3.76. The van der Waals surface area contributed by atoms with Crippen molar-refractivity contribution in [2.45, 2.75) is 25.3 Å². The molecule has 1 aromatic carbocycles. The molecule has 1 atom stereocenters. The summed E-state index contributed by atoms with van der Waals surface area (Å²) in [6, 6.07) is 12.0. The number of aromatic nitrogens is 4. The zero-order valence-electron chi connectivity index (χ0n) is 14.7. The van der Waals surface area contributed by atoms with Gasteiger partial charge in [0.2, 0.25) is 0 Å². The Hall–Kier alpha value is -3.35. The van der Waals surface area contributed by atoms with Crippen molar-refractivity contribution < 1.29 is 9.90 Å². The van der Waals surface area contributed by atoms with E-state index in [0.717, 1.165) is 31.0 Å². The number of hydrogen-bond acceptors (Lipinski definition) is 6. The highest BCUT2D eigenvalue weighted by atomic mass is 16.4. The van der Waals surface area contributed by atoms with E-state index in [2.05, 4.69) is 32.0 Å². The second-order valence-electron chi connectivity index (χ2n) is 6.48. The van der Waals surface area contributed by atoms with Crippen LogP contribution in [0.2, 0.25) is 0 Å². The number of anilines is 1. The molecule has 0 amide bonds. The Labute approximate surface area is 156 Å². The van der Waals surface area contributed by atoms with Crippen LogP contribution in [0.5, 0.6) is 0 Å². The SMILES string of the molecule is O=C(O)c1cnc(C2CCCN2c2ccnc(Cc3ccccc3)n2)nc1. The zero-order valence-corrected chi connectivity index (χ0v) is 14.7. The molecule has 0 spiro atoms. The fourth-order valence-electron chi connectivity index (χ4n) is 3.34. The summed E-state index contributed by atoms with van der Waals surface area (Å²) in [6.07, 6.45) is 7.10. The fourth-order valence-corrected chi connectivity index (χ4v) is 3.34. The average molecular weight is 361 g/mol. The number of aromatic carboxylic acids is 1. The molecule has 27 heavy (non-hydrogen) atoms. The standard InChI is InChI=1S/C20H19N5O2/c26-20(27)15-12-22-19(23-13-15)16-7-4-10-25(16)18-8-9-21-17(24-18)11-14-5-2-1-3-6-14/h1-3,5-6,8-9,12-13,16H,4,7,10-11H2,(H,26,27). The Balaban J connectivity index is 1.56. The molecule has 0 radical (unpaired) electrons. The number of hydrogen-bond donors (Lipinski definition) is 1. The highest BCUT2D eigenvalue weighted by molar-refractivity contribution is 5.86. The van der Waals surface area contributed by atoms with E-state index in [4.69, 9.17) is 10.1 Å². The maximum atomic E-state index is 11.0. The summed E-state index contributed by atoms with van der Waals surface area (Å²) in [5, 5.41) is 9.02. The summed E-state index contributed by atoms with van der Waals surface area (Å²) in [7, 11) is 0. The van der Waals surface area contributed by atoms with Crippen molar-refractivity contribution in [3.8, 4) is 0 Å². The number of carboxylic acids is 1. The van der Waals surface area contributed by atoms with Gasteiger partial charge in [0.1, 0.15) is 11.6 Å². The molecule has 1 fully saturated rings. The fraction of sp³-hybridized carbons (Fsp3) is 0.250. The molecule has 0 saturated carbocycles. The predicted molar refractivity (Wildman–Crippen MR) is 99.6 cm³/mol. The minimum atomic E-state index is -1.02. The van der Waals surface area contributed by atoms with Gasteiger partial charge in [0.05, 0.1) is 11.6 Å². The van der Waals surface area contributed by atoms with Gasteiger partial charge >= 0.3 is 5.97 Å². The van der Waals surface area contributed by atoms with Crippen molar-refractivity contribution in [2.24, 2.45) is 0 Å². The van der Waals surface area contributed by atoms with Gasteiger partial charge in [-0.1, -0.05) is 30.3 Å². The maximum Gasteiger partial charge on any atom is 0.338 e. The van der Waals surface area contributed by atoms with Gasteiger partial charge in [-0.3, -0.25) is 0 Å². The third-order valence-corrected chi connectivity index (χ3v) is 4.66. The molecule has 0 bridgehead atoms. The molecule has 3 aromatic rings. The zero-order chi connectivity index (χ0) is 18.6. The van der Waals surface area contributed by atoms with Crippen LogP contribution in [-0.2, 0) is 6.42 Å². The largest absolute Gasteiger partial charge is 0.478 e. The average Bonchev–Trinajstić information content (AvgIpc) is 3.19. The quantitative estimate of drug-likeness (QED) is 0.747. The molecule has 2 aromatic heterocycles. The van der Waals surface area contributed by atoms with Crippen molar-refractivity contribution in [1.29, 1.82) is 0 Å². The van der Waals surface area contributed by atoms with Crippen LogP contribution in [0.1, 0.15) is 46.5 Å². The summed E-state index contributed by atoms with van der Waals surface area (Å²) >= 11 is 0. The first kappa shape index (κ1) is 17.1. The van der Waals surface area contributed by atoms with E-state index in [1.54, 1.807) is 6.20 Å². The summed E-state index contributed by atoms with van der Waals surface area (Å²) in [5.74, 6) is 1.22. The lowest BCUT2D eigenvalue weighted by molar-refractivity contribution is 0.0696. The van der Waals surface area contributed by atoms with Crippen molar-refractivity contribution in [2.75, 3.05) is 11.4 Å². The van der Waals surface area contributed by atoms with E-state index in [1.807, 2.05) is 24.3 Å². The van der Waals surface area contributed by atoms with E-state index in [-0.39, 0.29) is 11.6 Å². The number of rotatable bonds is 5. The summed E-state index contributed by atoms with van der Waals surface area (Å²) < 4.78 is 0. The van der Waals surface area contributed by atoms with E-state index in [0.29, 0.717) is 12.2 Å². The van der Waals surface area contributed by atoms with Crippen LogP contribution in [0, 0.1) is 0 Å². The maximum absolute atomic E-state index is 11.0. The molecule has 0 aliphatic carbocycles. The third-order valence-electron chi connectivity index (χ3n) is 4.66. The van der Waals surface area contributed by atoms with Gasteiger partial charge in [-0.25, -0.2) is 24.7 Å². The van der Waals surface area contributed by atoms with Gasteiger partial charge < -0.3 is 10.0 Å². The van der Waals surface area contributed by atoms with Crippen molar-refractivity contribution in [3.05, 3.63) is 77.8 Å². The van der Waals surface area contributed by atoms with Crippen LogP contribution in [0.25, 0.3) is 0 Å². The van der Waals surface area contributed by atoms with Gasteiger partial charge in [0.15, 0.2) is 5.82 Å². The second-order valence-corrected chi connectivity index (χ2v) is 6.48. The Morgan fingerprint density at radius 3 is 2.63 bits per heavy atom. The van der Waals surface area contributed by atoms with Gasteiger partial charge in [-0.05, 0) is 24.5 Å². The Bertz CT molecular complexity index is 931. The Morgan fingerprint density at radius 1 is 1.11 bits per heavy atom. The minimum absolute atomic E-state index is 0.00711. The first-order valence-corrected chi connectivity index (χ1v) is 8.88.